The van der Waals surface area contributed by atoms with E-state index < -0.39 is 5.91 Å². The normalized spacial score (nSPS) is 10.8. The monoisotopic (exact) mass is 251 g/mol. The predicted molar refractivity (Wildman–Crippen MR) is 74.3 cm³/mol. The predicted octanol–water partition coefficient (Wildman–Crippen LogP) is 2.43. The van der Waals surface area contributed by atoms with Crippen molar-refractivity contribution in [1.29, 1.82) is 0 Å². The second-order valence-electron chi connectivity index (χ2n) is 4.52. The summed E-state index contributed by atoms with van der Waals surface area (Å²) in [5.41, 5.74) is 8.59. The summed E-state index contributed by atoms with van der Waals surface area (Å²) < 4.78 is 1.76. The number of hydrogen-bond donors (Lipinski definition) is 1. The molecule has 0 saturated carbocycles. The summed E-state index contributed by atoms with van der Waals surface area (Å²) in [6, 6.07) is 13.4. The molecule has 0 saturated heterocycles. The Hall–Kier alpha value is -2.62. The van der Waals surface area contributed by atoms with Crippen molar-refractivity contribution in [2.24, 2.45) is 5.73 Å². The van der Waals surface area contributed by atoms with Crippen LogP contribution in [0.5, 0.6) is 0 Å². The number of nitrogens with zero attached hydrogens (tertiary/aromatic N) is 2. The number of carbonyl (C=O) groups excluding carboxylic acids is 1. The Bertz CT molecular complexity index is 757. The lowest BCUT2D eigenvalue weighted by molar-refractivity contribution is 0.100. The number of aryl methyl sites for hydroxylation is 1. The third-order valence-corrected chi connectivity index (χ3v) is 3.10. The lowest BCUT2D eigenvalue weighted by Crippen LogP contribution is -2.11. The lowest BCUT2D eigenvalue weighted by atomic mass is 10.1. The Balaban J connectivity index is 2.19. The molecule has 1 aromatic heterocycles. The van der Waals surface area contributed by atoms with Gasteiger partial charge in [-0.2, -0.15) is 5.10 Å². The summed E-state index contributed by atoms with van der Waals surface area (Å²) in [5.74, 6) is -0.459. The van der Waals surface area contributed by atoms with Gasteiger partial charge in [0.2, 0.25) is 0 Å². The SMILES string of the molecule is Cc1ccc(-n2cc3cccc(C(N)=O)c3n2)cc1. The number of nitrogens with two attached hydrogens (primary N) is 1. The molecule has 4 nitrogen and oxygen atoms in total. The highest BCUT2D eigenvalue weighted by Crippen LogP contribution is 2.19. The molecule has 1 heterocycles. The molecule has 19 heavy (non-hydrogen) atoms. The van der Waals surface area contributed by atoms with Crippen LogP contribution in [-0.4, -0.2) is 15.7 Å². The Morgan fingerprint density at radius 1 is 1.16 bits per heavy atom. The van der Waals surface area contributed by atoms with Crippen molar-refractivity contribution in [1.82, 2.24) is 9.78 Å². The zero-order chi connectivity index (χ0) is 13.4. The average molecular weight is 251 g/mol. The Kier molecular flexibility index (Phi) is 2.56. The lowest BCUT2D eigenvalue weighted by Gasteiger charge is -2.00. The first-order valence-corrected chi connectivity index (χ1v) is 6.00. The standard InChI is InChI=1S/C15H13N3O/c1-10-5-7-12(8-6-10)18-9-11-3-2-4-13(15(16)19)14(11)17-18/h2-9H,1H3,(H2,16,19). The molecular formula is C15H13N3O. The molecule has 0 unspecified atom stereocenters. The molecule has 0 fully saturated rings. The Morgan fingerprint density at radius 3 is 2.58 bits per heavy atom. The van der Waals surface area contributed by atoms with Crippen molar-refractivity contribution in [3.05, 3.63) is 59.8 Å². The van der Waals surface area contributed by atoms with E-state index >= 15 is 0 Å². The maximum absolute atomic E-state index is 11.4. The molecule has 0 spiro atoms. The molecular weight excluding hydrogens is 238 g/mol. The van der Waals surface area contributed by atoms with Gasteiger partial charge in [0, 0.05) is 11.6 Å². The molecule has 0 bridgehead atoms. The quantitative estimate of drug-likeness (QED) is 0.760. The molecule has 3 aromatic rings. The van der Waals surface area contributed by atoms with Crippen molar-refractivity contribution < 1.29 is 4.79 Å². The van der Waals surface area contributed by atoms with E-state index in [0.29, 0.717) is 11.1 Å². The van der Waals surface area contributed by atoms with Gasteiger partial charge in [0.25, 0.3) is 5.91 Å². The summed E-state index contributed by atoms with van der Waals surface area (Å²) in [7, 11) is 0. The van der Waals surface area contributed by atoms with E-state index in [1.54, 1.807) is 10.7 Å². The second kappa shape index (κ2) is 4.24. The van der Waals surface area contributed by atoms with E-state index in [0.717, 1.165) is 11.1 Å². The van der Waals surface area contributed by atoms with Crippen LogP contribution in [0.4, 0.5) is 0 Å². The Labute approximate surface area is 110 Å². The second-order valence-corrected chi connectivity index (χ2v) is 4.52. The van der Waals surface area contributed by atoms with Crippen LogP contribution in [0.25, 0.3) is 16.6 Å². The third-order valence-electron chi connectivity index (χ3n) is 3.10. The molecule has 3 rings (SSSR count). The van der Waals surface area contributed by atoms with Gasteiger partial charge in [-0.15, -0.1) is 0 Å². The minimum atomic E-state index is -0.459. The summed E-state index contributed by atoms with van der Waals surface area (Å²) >= 11 is 0. The minimum Gasteiger partial charge on any atom is -0.366 e. The van der Waals surface area contributed by atoms with Crippen molar-refractivity contribution in [3.8, 4) is 5.69 Å². The fraction of sp³-hybridized carbons (Fsp3) is 0.0667. The van der Waals surface area contributed by atoms with Crippen molar-refractivity contribution in [3.63, 3.8) is 0 Å². The number of fused-ring (bicyclic) bond motifs is 1. The zero-order valence-electron chi connectivity index (χ0n) is 10.5. The number of amides is 1. The molecule has 0 aliphatic rings. The van der Waals surface area contributed by atoms with Gasteiger partial charge in [-0.1, -0.05) is 29.8 Å². The molecule has 94 valence electrons. The largest absolute Gasteiger partial charge is 0.366 e. The molecule has 0 aliphatic heterocycles. The summed E-state index contributed by atoms with van der Waals surface area (Å²) in [6.45, 7) is 2.04. The number of hydrogen-bond acceptors (Lipinski definition) is 2. The van der Waals surface area contributed by atoms with Crippen LogP contribution in [0.1, 0.15) is 15.9 Å². The molecule has 0 atom stereocenters. The fourth-order valence-corrected chi connectivity index (χ4v) is 2.07. The van der Waals surface area contributed by atoms with Gasteiger partial charge in [-0.25, -0.2) is 4.68 Å². The first-order valence-electron chi connectivity index (χ1n) is 6.00. The van der Waals surface area contributed by atoms with Crippen LogP contribution in [-0.2, 0) is 0 Å². The van der Waals surface area contributed by atoms with Crippen LogP contribution >= 0.6 is 0 Å². The Morgan fingerprint density at radius 2 is 1.89 bits per heavy atom. The maximum Gasteiger partial charge on any atom is 0.250 e. The zero-order valence-corrected chi connectivity index (χ0v) is 10.5. The van der Waals surface area contributed by atoms with Crippen LogP contribution in [0.3, 0.4) is 0 Å². The van der Waals surface area contributed by atoms with Gasteiger partial charge in [-0.05, 0) is 25.1 Å². The van der Waals surface area contributed by atoms with Crippen LogP contribution < -0.4 is 5.73 Å². The van der Waals surface area contributed by atoms with E-state index in [1.807, 2.05) is 49.5 Å². The fourth-order valence-electron chi connectivity index (χ4n) is 2.07. The number of rotatable bonds is 2. The summed E-state index contributed by atoms with van der Waals surface area (Å²) in [4.78, 5) is 11.4. The third kappa shape index (κ3) is 1.97. The van der Waals surface area contributed by atoms with Gasteiger partial charge < -0.3 is 5.73 Å². The van der Waals surface area contributed by atoms with E-state index in [4.69, 9.17) is 5.73 Å². The van der Waals surface area contributed by atoms with Crippen LogP contribution in [0.15, 0.2) is 48.7 Å². The molecule has 2 N–H and O–H groups in total. The summed E-state index contributed by atoms with van der Waals surface area (Å²) in [6.07, 6.45) is 1.90. The molecule has 0 radical (unpaired) electrons. The number of primary amides is 1. The van der Waals surface area contributed by atoms with Gasteiger partial charge in [0.05, 0.1) is 11.3 Å². The number of carbonyl (C=O) groups is 1. The molecule has 0 aliphatic carbocycles. The van der Waals surface area contributed by atoms with E-state index in [-0.39, 0.29) is 0 Å². The molecule has 1 amide bonds. The average Bonchev–Trinajstić information content (AvgIpc) is 2.82. The smallest absolute Gasteiger partial charge is 0.250 e. The van der Waals surface area contributed by atoms with E-state index in [1.165, 1.54) is 5.56 Å². The number of aromatic nitrogens is 2. The molecule has 4 heteroatoms. The topological polar surface area (TPSA) is 60.9 Å². The highest BCUT2D eigenvalue weighted by Gasteiger charge is 2.10. The van der Waals surface area contributed by atoms with Crippen molar-refractivity contribution in [2.45, 2.75) is 6.92 Å². The first kappa shape index (κ1) is 11.5. The van der Waals surface area contributed by atoms with Gasteiger partial charge in [-0.3, -0.25) is 4.79 Å². The minimum absolute atomic E-state index is 0.448. The van der Waals surface area contributed by atoms with Crippen molar-refractivity contribution >= 4 is 16.8 Å². The van der Waals surface area contributed by atoms with E-state index in [2.05, 4.69) is 5.10 Å². The van der Waals surface area contributed by atoms with Gasteiger partial charge >= 0.3 is 0 Å². The van der Waals surface area contributed by atoms with E-state index in [9.17, 15) is 4.79 Å². The highest BCUT2D eigenvalue weighted by molar-refractivity contribution is 6.04. The first-order chi connectivity index (χ1) is 9.15. The van der Waals surface area contributed by atoms with Crippen LogP contribution in [0, 0.1) is 6.92 Å². The summed E-state index contributed by atoms with van der Waals surface area (Å²) in [5, 5.41) is 5.35. The highest BCUT2D eigenvalue weighted by atomic mass is 16.1. The maximum atomic E-state index is 11.4. The van der Waals surface area contributed by atoms with Gasteiger partial charge in [0.1, 0.15) is 5.52 Å². The van der Waals surface area contributed by atoms with Crippen LogP contribution in [0.2, 0.25) is 0 Å². The van der Waals surface area contributed by atoms with Gasteiger partial charge in [0.15, 0.2) is 0 Å². The van der Waals surface area contributed by atoms with Crippen molar-refractivity contribution in [2.75, 3.05) is 0 Å². The number of benzene rings is 2. The molecule has 2 aromatic carbocycles.